The molecule has 0 saturated carbocycles. The second-order valence-corrected chi connectivity index (χ2v) is 4.63. The molecule has 106 valence electrons. The summed E-state index contributed by atoms with van der Waals surface area (Å²) in [4.78, 5) is 13.5. The largest absolute Gasteiger partial charge is 0.377 e. The van der Waals surface area contributed by atoms with Crippen molar-refractivity contribution in [1.29, 1.82) is 0 Å². The van der Waals surface area contributed by atoms with Crippen LogP contribution in [0.2, 0.25) is 0 Å². The molecule has 0 aliphatic rings. The lowest BCUT2D eigenvalue weighted by Crippen LogP contribution is -2.03. The number of rotatable bonds is 4. The Labute approximate surface area is 123 Å². The van der Waals surface area contributed by atoms with Crippen LogP contribution < -0.4 is 5.32 Å². The highest BCUT2D eigenvalue weighted by Gasteiger charge is 2.08. The first kappa shape index (κ1) is 13.5. The van der Waals surface area contributed by atoms with Crippen LogP contribution in [-0.2, 0) is 11.3 Å². The summed E-state index contributed by atoms with van der Waals surface area (Å²) < 4.78 is 5.12. The summed E-state index contributed by atoms with van der Waals surface area (Å²) >= 11 is 0. The minimum absolute atomic E-state index is 0.371. The van der Waals surface area contributed by atoms with E-state index in [0.717, 1.165) is 28.1 Å². The van der Waals surface area contributed by atoms with E-state index in [1.54, 1.807) is 7.11 Å². The first-order chi connectivity index (χ1) is 10.3. The van der Waals surface area contributed by atoms with Crippen LogP contribution in [0.15, 0.2) is 42.5 Å². The van der Waals surface area contributed by atoms with Crippen molar-refractivity contribution in [3.63, 3.8) is 0 Å². The smallest absolute Gasteiger partial charge is 0.157 e. The van der Waals surface area contributed by atoms with Crippen LogP contribution in [0.1, 0.15) is 5.82 Å². The van der Waals surface area contributed by atoms with Gasteiger partial charge in [0.25, 0.3) is 0 Å². The van der Waals surface area contributed by atoms with Crippen LogP contribution in [0.25, 0.3) is 22.3 Å². The van der Waals surface area contributed by atoms with Gasteiger partial charge in [0, 0.05) is 25.6 Å². The molecule has 0 aliphatic heterocycles. The van der Waals surface area contributed by atoms with Crippen LogP contribution in [0.3, 0.4) is 0 Å². The van der Waals surface area contributed by atoms with Gasteiger partial charge in [0.15, 0.2) is 5.82 Å². The number of hydrogen-bond donors (Lipinski definition) is 1. The molecule has 0 aliphatic carbocycles. The molecule has 0 bridgehead atoms. The highest BCUT2D eigenvalue weighted by atomic mass is 16.5. The van der Waals surface area contributed by atoms with Gasteiger partial charge in [-0.3, -0.25) is 0 Å². The van der Waals surface area contributed by atoms with Gasteiger partial charge in [-0.2, -0.15) is 0 Å². The molecule has 0 saturated heterocycles. The number of pyridine rings is 1. The molecule has 5 nitrogen and oxygen atoms in total. The van der Waals surface area contributed by atoms with Gasteiger partial charge in [0.1, 0.15) is 12.4 Å². The van der Waals surface area contributed by atoms with E-state index >= 15 is 0 Å². The van der Waals surface area contributed by atoms with Crippen molar-refractivity contribution in [2.24, 2.45) is 0 Å². The van der Waals surface area contributed by atoms with Crippen molar-refractivity contribution < 1.29 is 4.74 Å². The number of benzene rings is 1. The molecule has 0 atom stereocenters. The minimum atomic E-state index is 0.371. The van der Waals surface area contributed by atoms with E-state index in [2.05, 4.69) is 26.3 Å². The van der Waals surface area contributed by atoms with Crippen molar-refractivity contribution in [1.82, 2.24) is 15.0 Å². The van der Waals surface area contributed by atoms with Gasteiger partial charge in [-0.1, -0.05) is 24.3 Å². The molecule has 5 heteroatoms. The van der Waals surface area contributed by atoms with Crippen LogP contribution >= 0.6 is 0 Å². The topological polar surface area (TPSA) is 59.9 Å². The minimum Gasteiger partial charge on any atom is -0.377 e. The lowest BCUT2D eigenvalue weighted by molar-refractivity contribution is 0.178. The number of methoxy groups -OCH3 is 1. The van der Waals surface area contributed by atoms with Gasteiger partial charge in [-0.25, -0.2) is 15.0 Å². The Morgan fingerprint density at radius 1 is 1.00 bits per heavy atom. The first-order valence-corrected chi connectivity index (χ1v) is 6.71. The number of para-hydroxylation sites is 1. The molecule has 2 aromatic heterocycles. The third-order valence-corrected chi connectivity index (χ3v) is 3.16. The molecule has 3 rings (SSSR count). The zero-order valence-electron chi connectivity index (χ0n) is 12.0. The van der Waals surface area contributed by atoms with Gasteiger partial charge in [-0.15, -0.1) is 0 Å². The third-order valence-electron chi connectivity index (χ3n) is 3.16. The normalized spacial score (nSPS) is 10.8. The summed E-state index contributed by atoms with van der Waals surface area (Å²) in [6.07, 6.45) is 0. The SMILES string of the molecule is CNc1cc(-c2ccc3ccccc3n2)nc(COC)n1. The molecule has 0 spiro atoms. The zero-order valence-corrected chi connectivity index (χ0v) is 12.0. The Hall–Kier alpha value is -2.53. The Bertz CT molecular complexity index is 773. The van der Waals surface area contributed by atoms with Crippen molar-refractivity contribution in [3.05, 3.63) is 48.3 Å². The highest BCUT2D eigenvalue weighted by Crippen LogP contribution is 2.21. The monoisotopic (exact) mass is 280 g/mol. The van der Waals surface area contributed by atoms with Gasteiger partial charge < -0.3 is 10.1 Å². The maximum absolute atomic E-state index is 5.12. The Morgan fingerprint density at radius 3 is 2.67 bits per heavy atom. The Morgan fingerprint density at radius 2 is 1.86 bits per heavy atom. The summed E-state index contributed by atoms with van der Waals surface area (Å²) in [6, 6.07) is 13.9. The van der Waals surface area contributed by atoms with Gasteiger partial charge in [0.2, 0.25) is 0 Å². The summed E-state index contributed by atoms with van der Waals surface area (Å²) in [6.45, 7) is 0.371. The van der Waals surface area contributed by atoms with E-state index < -0.39 is 0 Å². The van der Waals surface area contributed by atoms with Crippen molar-refractivity contribution in [3.8, 4) is 11.4 Å². The van der Waals surface area contributed by atoms with Crippen LogP contribution in [0, 0.1) is 0 Å². The number of nitrogens with one attached hydrogen (secondary N) is 1. The molecular formula is C16H16N4O. The van der Waals surface area contributed by atoms with E-state index in [4.69, 9.17) is 4.74 Å². The molecule has 3 aromatic rings. The predicted octanol–water partition coefficient (Wildman–Crippen LogP) is 2.88. The fraction of sp³-hybridized carbons (Fsp3) is 0.188. The van der Waals surface area contributed by atoms with Crippen LogP contribution in [0.5, 0.6) is 0 Å². The number of fused-ring (bicyclic) bond motifs is 1. The first-order valence-electron chi connectivity index (χ1n) is 6.71. The van der Waals surface area contributed by atoms with E-state index in [1.807, 2.05) is 43.4 Å². The highest BCUT2D eigenvalue weighted by molar-refractivity contribution is 5.81. The fourth-order valence-corrected chi connectivity index (χ4v) is 2.16. The van der Waals surface area contributed by atoms with Crippen LogP contribution in [0.4, 0.5) is 5.82 Å². The summed E-state index contributed by atoms with van der Waals surface area (Å²) in [5, 5.41) is 4.15. The molecule has 21 heavy (non-hydrogen) atoms. The molecular weight excluding hydrogens is 264 g/mol. The third kappa shape index (κ3) is 2.83. The van der Waals surface area contributed by atoms with Crippen molar-refractivity contribution in [2.45, 2.75) is 6.61 Å². The lowest BCUT2D eigenvalue weighted by atomic mass is 10.2. The van der Waals surface area contributed by atoms with Gasteiger partial charge >= 0.3 is 0 Å². The Kier molecular flexibility index (Phi) is 3.75. The standard InChI is InChI=1S/C16H16N4O/c1-17-15-9-14(19-16(20-15)10-21-2)13-8-7-11-5-3-4-6-12(11)18-13/h3-9H,10H2,1-2H3,(H,17,19,20). The molecule has 1 N–H and O–H groups in total. The number of aromatic nitrogens is 3. The molecule has 0 fully saturated rings. The Balaban J connectivity index is 2.10. The average molecular weight is 280 g/mol. The molecule has 1 aromatic carbocycles. The number of anilines is 1. The van der Waals surface area contributed by atoms with Gasteiger partial charge in [-0.05, 0) is 12.1 Å². The maximum atomic E-state index is 5.12. The second-order valence-electron chi connectivity index (χ2n) is 4.63. The quantitative estimate of drug-likeness (QED) is 0.796. The molecule has 2 heterocycles. The number of nitrogens with zero attached hydrogens (tertiary/aromatic N) is 3. The zero-order chi connectivity index (χ0) is 14.7. The second kappa shape index (κ2) is 5.85. The fourth-order valence-electron chi connectivity index (χ4n) is 2.16. The molecule has 0 unspecified atom stereocenters. The summed E-state index contributed by atoms with van der Waals surface area (Å²) in [7, 11) is 3.46. The predicted molar refractivity (Wildman–Crippen MR) is 83.0 cm³/mol. The van der Waals surface area contributed by atoms with E-state index in [0.29, 0.717) is 12.4 Å². The van der Waals surface area contributed by atoms with Crippen LogP contribution in [-0.4, -0.2) is 29.1 Å². The van der Waals surface area contributed by atoms with E-state index in [-0.39, 0.29) is 0 Å². The van der Waals surface area contributed by atoms with Crippen molar-refractivity contribution in [2.75, 3.05) is 19.5 Å². The molecule has 0 amide bonds. The van der Waals surface area contributed by atoms with E-state index in [9.17, 15) is 0 Å². The summed E-state index contributed by atoms with van der Waals surface area (Å²) in [5.41, 5.74) is 2.56. The van der Waals surface area contributed by atoms with Gasteiger partial charge in [0.05, 0.1) is 16.9 Å². The lowest BCUT2D eigenvalue weighted by Gasteiger charge is -2.08. The average Bonchev–Trinajstić information content (AvgIpc) is 2.54. The number of ether oxygens (including phenoxy) is 1. The molecule has 0 radical (unpaired) electrons. The van der Waals surface area contributed by atoms with Crippen molar-refractivity contribution >= 4 is 16.7 Å². The summed E-state index contributed by atoms with van der Waals surface area (Å²) in [5.74, 6) is 1.39. The maximum Gasteiger partial charge on any atom is 0.157 e. The van der Waals surface area contributed by atoms with E-state index in [1.165, 1.54) is 0 Å². The number of hydrogen-bond acceptors (Lipinski definition) is 5.